The molecule has 0 saturated heterocycles. The average molecular weight is 292 g/mol. The van der Waals surface area contributed by atoms with E-state index in [2.05, 4.69) is 55.3 Å². The molecule has 1 aromatic carbocycles. The summed E-state index contributed by atoms with van der Waals surface area (Å²) in [5, 5.41) is 12.7. The van der Waals surface area contributed by atoms with E-state index in [1.54, 1.807) is 0 Å². The molecule has 0 spiro atoms. The second-order valence-electron chi connectivity index (χ2n) is 5.77. The van der Waals surface area contributed by atoms with Crippen LogP contribution in [-0.2, 0) is 0 Å². The Morgan fingerprint density at radius 2 is 1.71 bits per heavy atom. The molecule has 0 aliphatic heterocycles. The van der Waals surface area contributed by atoms with E-state index in [1.807, 2.05) is 7.05 Å². The summed E-state index contributed by atoms with van der Waals surface area (Å²) in [5.41, 5.74) is 2.64. The molecule has 0 aliphatic carbocycles. The summed E-state index contributed by atoms with van der Waals surface area (Å²) >= 11 is 0. The first-order chi connectivity index (χ1) is 10.2. The summed E-state index contributed by atoms with van der Waals surface area (Å²) in [7, 11) is 2.03. The first-order valence-electron chi connectivity index (χ1n) is 8.24. The number of hydrogen-bond acceptors (Lipinski definition) is 3. The summed E-state index contributed by atoms with van der Waals surface area (Å²) in [5.74, 6) is 0. The molecule has 0 aromatic heterocycles. The van der Waals surface area contributed by atoms with Crippen LogP contribution in [0.2, 0.25) is 0 Å². The van der Waals surface area contributed by atoms with Gasteiger partial charge in [-0.2, -0.15) is 0 Å². The highest BCUT2D eigenvalue weighted by Gasteiger charge is 2.17. The summed E-state index contributed by atoms with van der Waals surface area (Å²) in [4.78, 5) is 2.43. The first-order valence-corrected chi connectivity index (χ1v) is 8.24. The summed E-state index contributed by atoms with van der Waals surface area (Å²) in [6.07, 6.45) is 3.35. The van der Waals surface area contributed by atoms with Gasteiger partial charge in [-0.25, -0.2) is 0 Å². The van der Waals surface area contributed by atoms with Crippen molar-refractivity contribution in [2.75, 3.05) is 26.7 Å². The van der Waals surface area contributed by atoms with E-state index >= 15 is 0 Å². The highest BCUT2D eigenvalue weighted by Crippen LogP contribution is 2.19. The van der Waals surface area contributed by atoms with Gasteiger partial charge in [-0.15, -0.1) is 0 Å². The van der Waals surface area contributed by atoms with E-state index in [9.17, 15) is 5.11 Å². The zero-order chi connectivity index (χ0) is 15.7. The van der Waals surface area contributed by atoms with Crippen molar-refractivity contribution in [3.63, 3.8) is 0 Å². The Bertz CT molecular complexity index is 373. The summed E-state index contributed by atoms with van der Waals surface area (Å²) in [6.45, 7) is 8.62. The van der Waals surface area contributed by atoms with Crippen LogP contribution in [0.1, 0.15) is 50.3 Å². The Morgan fingerprint density at radius 3 is 2.19 bits per heavy atom. The molecule has 0 heterocycles. The maximum Gasteiger partial charge on any atom is 0.0558 e. The molecule has 1 aromatic rings. The van der Waals surface area contributed by atoms with Crippen LogP contribution in [0, 0.1) is 6.92 Å². The van der Waals surface area contributed by atoms with Gasteiger partial charge in [0, 0.05) is 25.2 Å². The number of rotatable bonds is 10. The van der Waals surface area contributed by atoms with Crippen molar-refractivity contribution < 1.29 is 5.11 Å². The molecule has 1 unspecified atom stereocenters. The van der Waals surface area contributed by atoms with Crippen molar-refractivity contribution in [2.45, 2.75) is 52.1 Å². The van der Waals surface area contributed by atoms with E-state index in [-0.39, 0.29) is 6.61 Å². The van der Waals surface area contributed by atoms with Crippen molar-refractivity contribution in [3.05, 3.63) is 35.4 Å². The maximum atomic E-state index is 9.29. The van der Waals surface area contributed by atoms with Crippen LogP contribution in [0.4, 0.5) is 0 Å². The zero-order valence-electron chi connectivity index (χ0n) is 14.1. The summed E-state index contributed by atoms with van der Waals surface area (Å²) in [6, 6.07) is 9.72. The molecule has 0 amide bonds. The standard InChI is InChI=1S/C18H32N2O/c1-5-17(6-2)20(13-14-21)12-11-18(19-4)16-9-7-15(3)8-10-16/h7-10,17-19,21H,5-6,11-14H2,1-4H3. The normalized spacial score (nSPS) is 13.1. The topological polar surface area (TPSA) is 35.5 Å². The third kappa shape index (κ3) is 5.77. The molecule has 1 atom stereocenters. The third-order valence-corrected chi connectivity index (χ3v) is 4.38. The molecule has 3 heteroatoms. The van der Waals surface area contributed by atoms with Gasteiger partial charge in [0.2, 0.25) is 0 Å². The number of benzene rings is 1. The van der Waals surface area contributed by atoms with Crippen LogP contribution in [0.25, 0.3) is 0 Å². The monoisotopic (exact) mass is 292 g/mol. The number of nitrogens with zero attached hydrogens (tertiary/aromatic N) is 1. The van der Waals surface area contributed by atoms with Crippen LogP contribution >= 0.6 is 0 Å². The lowest BCUT2D eigenvalue weighted by Gasteiger charge is -2.31. The molecule has 0 aliphatic rings. The Labute approximate surface area is 130 Å². The number of aliphatic hydroxyl groups is 1. The number of nitrogens with one attached hydrogen (secondary N) is 1. The molecule has 1 rings (SSSR count). The molecule has 0 saturated carbocycles. The molecule has 21 heavy (non-hydrogen) atoms. The highest BCUT2D eigenvalue weighted by molar-refractivity contribution is 5.24. The molecule has 0 fully saturated rings. The minimum atomic E-state index is 0.241. The largest absolute Gasteiger partial charge is 0.395 e. The van der Waals surface area contributed by atoms with Gasteiger partial charge >= 0.3 is 0 Å². The molecule has 2 N–H and O–H groups in total. The Hall–Kier alpha value is -0.900. The smallest absolute Gasteiger partial charge is 0.0558 e. The maximum absolute atomic E-state index is 9.29. The quantitative estimate of drug-likeness (QED) is 0.695. The second-order valence-corrected chi connectivity index (χ2v) is 5.77. The fourth-order valence-electron chi connectivity index (χ4n) is 2.98. The van der Waals surface area contributed by atoms with E-state index in [0.717, 1.165) is 32.4 Å². The van der Waals surface area contributed by atoms with Crippen molar-refractivity contribution in [2.24, 2.45) is 0 Å². The predicted molar refractivity (Wildman–Crippen MR) is 90.6 cm³/mol. The van der Waals surface area contributed by atoms with E-state index in [1.165, 1.54) is 11.1 Å². The van der Waals surface area contributed by atoms with Gasteiger partial charge in [0.15, 0.2) is 0 Å². The first kappa shape index (κ1) is 18.1. The minimum absolute atomic E-state index is 0.241. The van der Waals surface area contributed by atoms with Crippen LogP contribution in [0.15, 0.2) is 24.3 Å². The van der Waals surface area contributed by atoms with Gasteiger partial charge < -0.3 is 10.4 Å². The molecule has 3 nitrogen and oxygen atoms in total. The van der Waals surface area contributed by atoms with E-state index in [0.29, 0.717) is 12.1 Å². The van der Waals surface area contributed by atoms with Gasteiger partial charge in [-0.05, 0) is 38.8 Å². The molecule has 120 valence electrons. The average Bonchev–Trinajstić information content (AvgIpc) is 2.50. The second kappa shape index (κ2) is 9.93. The Balaban J connectivity index is 2.64. The Kier molecular flexibility index (Phi) is 8.58. The van der Waals surface area contributed by atoms with Gasteiger partial charge in [-0.1, -0.05) is 43.7 Å². The predicted octanol–water partition coefficient (Wildman–Crippen LogP) is 3.13. The lowest BCUT2D eigenvalue weighted by Crippen LogP contribution is -2.38. The number of aliphatic hydroxyl groups excluding tert-OH is 1. The fourth-order valence-corrected chi connectivity index (χ4v) is 2.98. The van der Waals surface area contributed by atoms with Gasteiger partial charge in [-0.3, -0.25) is 4.90 Å². The van der Waals surface area contributed by atoms with Gasteiger partial charge in [0.25, 0.3) is 0 Å². The Morgan fingerprint density at radius 1 is 1.10 bits per heavy atom. The summed E-state index contributed by atoms with van der Waals surface area (Å²) < 4.78 is 0. The van der Waals surface area contributed by atoms with E-state index < -0.39 is 0 Å². The van der Waals surface area contributed by atoms with Crippen LogP contribution < -0.4 is 5.32 Å². The van der Waals surface area contributed by atoms with Crippen molar-refractivity contribution in [1.82, 2.24) is 10.2 Å². The lowest BCUT2D eigenvalue weighted by atomic mass is 10.0. The SMILES string of the molecule is CCC(CC)N(CCO)CCC(NC)c1ccc(C)cc1. The highest BCUT2D eigenvalue weighted by atomic mass is 16.3. The third-order valence-electron chi connectivity index (χ3n) is 4.38. The molecule has 0 bridgehead atoms. The van der Waals surface area contributed by atoms with Crippen LogP contribution in [-0.4, -0.2) is 42.8 Å². The van der Waals surface area contributed by atoms with E-state index in [4.69, 9.17) is 0 Å². The molecular formula is C18H32N2O. The zero-order valence-corrected chi connectivity index (χ0v) is 14.1. The van der Waals surface area contributed by atoms with Crippen LogP contribution in [0.5, 0.6) is 0 Å². The van der Waals surface area contributed by atoms with Crippen molar-refractivity contribution in [3.8, 4) is 0 Å². The van der Waals surface area contributed by atoms with Gasteiger partial charge in [0.05, 0.1) is 6.61 Å². The fraction of sp³-hybridized carbons (Fsp3) is 0.667. The lowest BCUT2D eigenvalue weighted by molar-refractivity contribution is 0.138. The van der Waals surface area contributed by atoms with Crippen LogP contribution in [0.3, 0.4) is 0 Å². The molecular weight excluding hydrogens is 260 g/mol. The molecule has 0 radical (unpaired) electrons. The van der Waals surface area contributed by atoms with Gasteiger partial charge in [0.1, 0.15) is 0 Å². The van der Waals surface area contributed by atoms with Crippen molar-refractivity contribution >= 4 is 0 Å². The van der Waals surface area contributed by atoms with Crippen molar-refractivity contribution in [1.29, 1.82) is 0 Å². The number of hydrogen-bond donors (Lipinski definition) is 2. The minimum Gasteiger partial charge on any atom is -0.395 e. The number of aryl methyl sites for hydroxylation is 1.